The van der Waals surface area contributed by atoms with Gasteiger partial charge in [-0.2, -0.15) is 0 Å². The van der Waals surface area contributed by atoms with E-state index in [2.05, 4.69) is 10.2 Å². The summed E-state index contributed by atoms with van der Waals surface area (Å²) in [5, 5.41) is 2.83. The van der Waals surface area contributed by atoms with Gasteiger partial charge in [0.15, 0.2) is 17.3 Å². The number of nitrogens with zero attached hydrogens (tertiary/aromatic N) is 2. The van der Waals surface area contributed by atoms with Crippen molar-refractivity contribution in [2.75, 3.05) is 43.2 Å². The van der Waals surface area contributed by atoms with Gasteiger partial charge in [0.05, 0.1) is 0 Å². The molecule has 3 aromatic rings. The molecule has 5 rings (SSSR count). The highest BCUT2D eigenvalue weighted by Gasteiger charge is 2.28. The van der Waals surface area contributed by atoms with E-state index in [0.717, 1.165) is 5.69 Å². The molecule has 0 aromatic heterocycles. The van der Waals surface area contributed by atoms with Crippen molar-refractivity contribution in [2.45, 2.75) is 6.92 Å². The van der Waals surface area contributed by atoms with Crippen molar-refractivity contribution < 1.29 is 23.9 Å². The summed E-state index contributed by atoms with van der Waals surface area (Å²) in [5.41, 5.74) is 2.98. The Hall–Kier alpha value is -4.59. The third-order valence-corrected chi connectivity index (χ3v) is 6.42. The quantitative estimate of drug-likeness (QED) is 0.240. The summed E-state index contributed by atoms with van der Waals surface area (Å²) in [5.74, 6) is 0.422. The Morgan fingerprint density at radius 2 is 1.54 bits per heavy atom. The number of anilines is 2. The van der Waals surface area contributed by atoms with Crippen LogP contribution in [0, 0.1) is 0 Å². The number of para-hydroxylation sites is 1. The van der Waals surface area contributed by atoms with Crippen LogP contribution in [0.1, 0.15) is 22.8 Å². The standard InChI is InChI=1S/C29H27N3O5/c1-20(33)22-8-10-24(11-9-22)31-13-15-32(16-14-31)29(35)25(28(34)30-23-5-3-2-4-6-23)17-21-7-12-26-27(18-21)37-19-36-26/h2-12,17-18H,13-16,19H2,1H3,(H,30,34). The number of benzene rings is 3. The number of carbonyl (C=O) groups is 3. The normalized spacial score (nSPS) is 14.9. The summed E-state index contributed by atoms with van der Waals surface area (Å²) < 4.78 is 10.8. The van der Waals surface area contributed by atoms with Crippen LogP contribution in [-0.4, -0.2) is 55.5 Å². The molecule has 8 heteroatoms. The molecule has 2 aliphatic heterocycles. The van der Waals surface area contributed by atoms with Crippen LogP contribution in [0.15, 0.2) is 78.4 Å². The van der Waals surface area contributed by atoms with Gasteiger partial charge in [0.25, 0.3) is 11.8 Å². The predicted molar refractivity (Wildman–Crippen MR) is 141 cm³/mol. The second kappa shape index (κ2) is 10.6. The first-order valence-corrected chi connectivity index (χ1v) is 12.1. The zero-order chi connectivity index (χ0) is 25.8. The van der Waals surface area contributed by atoms with E-state index >= 15 is 0 Å². The number of piperazine rings is 1. The van der Waals surface area contributed by atoms with Gasteiger partial charge in [-0.1, -0.05) is 24.3 Å². The first kappa shape index (κ1) is 24.1. The van der Waals surface area contributed by atoms with Crippen LogP contribution >= 0.6 is 0 Å². The Labute approximate surface area is 215 Å². The molecule has 0 aliphatic carbocycles. The second-order valence-corrected chi connectivity index (χ2v) is 8.87. The number of amides is 2. The lowest BCUT2D eigenvalue weighted by Gasteiger charge is -2.36. The van der Waals surface area contributed by atoms with E-state index in [1.165, 1.54) is 0 Å². The van der Waals surface area contributed by atoms with Gasteiger partial charge in [0.2, 0.25) is 6.79 Å². The van der Waals surface area contributed by atoms with Crippen molar-refractivity contribution >= 4 is 35.0 Å². The van der Waals surface area contributed by atoms with E-state index in [4.69, 9.17) is 9.47 Å². The summed E-state index contributed by atoms with van der Waals surface area (Å²) in [4.78, 5) is 42.3. The van der Waals surface area contributed by atoms with Gasteiger partial charge < -0.3 is 24.6 Å². The fourth-order valence-electron chi connectivity index (χ4n) is 4.36. The smallest absolute Gasteiger partial charge is 0.261 e. The maximum atomic E-state index is 13.6. The number of ether oxygens (including phenoxy) is 2. The average molecular weight is 498 g/mol. The molecule has 37 heavy (non-hydrogen) atoms. The van der Waals surface area contributed by atoms with Gasteiger partial charge in [-0.3, -0.25) is 14.4 Å². The second-order valence-electron chi connectivity index (χ2n) is 8.87. The Morgan fingerprint density at radius 1 is 0.838 bits per heavy atom. The number of hydrogen-bond acceptors (Lipinski definition) is 6. The predicted octanol–water partition coefficient (Wildman–Crippen LogP) is 3.99. The number of fused-ring (bicyclic) bond motifs is 1. The molecule has 188 valence electrons. The maximum Gasteiger partial charge on any atom is 0.261 e. The first-order valence-electron chi connectivity index (χ1n) is 12.1. The van der Waals surface area contributed by atoms with E-state index in [0.29, 0.717) is 54.5 Å². The minimum absolute atomic E-state index is 0.0255. The van der Waals surface area contributed by atoms with Gasteiger partial charge in [0, 0.05) is 43.1 Å². The van der Waals surface area contributed by atoms with E-state index in [1.54, 1.807) is 48.2 Å². The van der Waals surface area contributed by atoms with E-state index in [9.17, 15) is 14.4 Å². The summed E-state index contributed by atoms with van der Waals surface area (Å²) >= 11 is 0. The molecular formula is C29H27N3O5. The number of Topliss-reactive ketones (excluding diaryl/α,β-unsaturated/α-hetero) is 1. The highest BCUT2D eigenvalue weighted by Crippen LogP contribution is 2.33. The van der Waals surface area contributed by atoms with Crippen LogP contribution < -0.4 is 19.7 Å². The van der Waals surface area contributed by atoms with E-state index < -0.39 is 5.91 Å². The molecule has 0 radical (unpaired) electrons. The van der Waals surface area contributed by atoms with Crippen molar-refractivity contribution in [3.8, 4) is 11.5 Å². The van der Waals surface area contributed by atoms with Crippen molar-refractivity contribution in [1.29, 1.82) is 0 Å². The summed E-state index contributed by atoms with van der Waals surface area (Å²) in [6.45, 7) is 3.84. The molecule has 8 nitrogen and oxygen atoms in total. The summed E-state index contributed by atoms with van der Waals surface area (Å²) in [6, 6.07) is 21.8. The van der Waals surface area contributed by atoms with Crippen LogP contribution in [0.4, 0.5) is 11.4 Å². The lowest BCUT2D eigenvalue weighted by Crippen LogP contribution is -2.50. The molecule has 0 saturated carbocycles. The topological polar surface area (TPSA) is 88.2 Å². The van der Waals surface area contributed by atoms with Crippen LogP contribution in [0.3, 0.4) is 0 Å². The average Bonchev–Trinajstić information content (AvgIpc) is 3.40. The van der Waals surface area contributed by atoms with Crippen molar-refractivity contribution in [3.05, 3.63) is 89.5 Å². The molecule has 2 aliphatic rings. The van der Waals surface area contributed by atoms with Crippen LogP contribution in [-0.2, 0) is 9.59 Å². The lowest BCUT2D eigenvalue weighted by molar-refractivity contribution is -0.129. The molecule has 0 unspecified atom stereocenters. The molecule has 0 atom stereocenters. The molecule has 0 bridgehead atoms. The fourth-order valence-corrected chi connectivity index (χ4v) is 4.36. The molecule has 1 N–H and O–H groups in total. The Bertz CT molecular complexity index is 1340. The van der Waals surface area contributed by atoms with Crippen LogP contribution in [0.5, 0.6) is 11.5 Å². The van der Waals surface area contributed by atoms with Crippen molar-refractivity contribution in [2.24, 2.45) is 0 Å². The summed E-state index contributed by atoms with van der Waals surface area (Å²) in [6.07, 6.45) is 1.59. The van der Waals surface area contributed by atoms with Gasteiger partial charge in [0.1, 0.15) is 5.57 Å². The summed E-state index contributed by atoms with van der Waals surface area (Å²) in [7, 11) is 0. The van der Waals surface area contributed by atoms with Crippen LogP contribution in [0.2, 0.25) is 0 Å². The van der Waals surface area contributed by atoms with Gasteiger partial charge in [-0.15, -0.1) is 0 Å². The molecule has 2 heterocycles. The third kappa shape index (κ3) is 5.48. The van der Waals surface area contributed by atoms with Crippen molar-refractivity contribution in [1.82, 2.24) is 4.90 Å². The third-order valence-electron chi connectivity index (χ3n) is 6.42. The van der Waals surface area contributed by atoms with Crippen molar-refractivity contribution in [3.63, 3.8) is 0 Å². The van der Waals surface area contributed by atoms with Crippen LogP contribution in [0.25, 0.3) is 6.08 Å². The van der Waals surface area contributed by atoms with E-state index in [-0.39, 0.29) is 24.1 Å². The molecule has 3 aromatic carbocycles. The first-order chi connectivity index (χ1) is 18.0. The largest absolute Gasteiger partial charge is 0.454 e. The zero-order valence-corrected chi connectivity index (χ0v) is 20.5. The molecule has 0 spiro atoms. The van der Waals surface area contributed by atoms with Gasteiger partial charge in [-0.05, 0) is 67.1 Å². The Kier molecular flexibility index (Phi) is 6.89. The number of rotatable bonds is 6. The Balaban J connectivity index is 1.34. The number of carbonyl (C=O) groups excluding carboxylic acids is 3. The molecule has 1 fully saturated rings. The maximum absolute atomic E-state index is 13.6. The number of nitrogens with one attached hydrogen (secondary N) is 1. The van der Waals surface area contributed by atoms with Gasteiger partial charge >= 0.3 is 0 Å². The molecular weight excluding hydrogens is 470 g/mol. The molecule has 1 saturated heterocycles. The number of hydrogen-bond donors (Lipinski definition) is 1. The number of ketones is 1. The minimum atomic E-state index is -0.476. The highest BCUT2D eigenvalue weighted by molar-refractivity contribution is 6.25. The van der Waals surface area contributed by atoms with Gasteiger partial charge in [-0.25, -0.2) is 0 Å². The zero-order valence-electron chi connectivity index (χ0n) is 20.5. The lowest BCUT2D eigenvalue weighted by atomic mass is 10.1. The highest BCUT2D eigenvalue weighted by atomic mass is 16.7. The fraction of sp³-hybridized carbons (Fsp3) is 0.207. The molecule has 2 amide bonds. The Morgan fingerprint density at radius 3 is 2.24 bits per heavy atom. The van der Waals surface area contributed by atoms with E-state index in [1.807, 2.05) is 42.5 Å². The minimum Gasteiger partial charge on any atom is -0.454 e. The monoisotopic (exact) mass is 497 g/mol. The SMILES string of the molecule is CC(=O)c1ccc(N2CCN(C(=O)C(=Cc3ccc4c(c3)OCO4)C(=O)Nc3ccccc3)CC2)cc1.